The third-order valence-electron chi connectivity index (χ3n) is 7.11. The van der Waals surface area contributed by atoms with Crippen LogP contribution in [0.2, 0.25) is 10.0 Å². The van der Waals surface area contributed by atoms with Crippen LogP contribution in [0.3, 0.4) is 0 Å². The number of nitrogens with zero attached hydrogens (tertiary/aromatic N) is 4. The Labute approximate surface area is 244 Å². The first-order chi connectivity index (χ1) is 19.4. The van der Waals surface area contributed by atoms with E-state index in [-0.39, 0.29) is 17.8 Å². The molecule has 2 N–H and O–H groups in total. The van der Waals surface area contributed by atoms with Crippen LogP contribution >= 0.6 is 34.5 Å². The fourth-order valence-electron chi connectivity index (χ4n) is 5.06. The second-order valence-electron chi connectivity index (χ2n) is 9.68. The minimum absolute atomic E-state index is 0.0454. The number of hydrogen-bond donors (Lipinski definition) is 2. The summed E-state index contributed by atoms with van der Waals surface area (Å²) in [5, 5.41) is 16.1. The summed E-state index contributed by atoms with van der Waals surface area (Å²) < 4.78 is 5.17. The summed E-state index contributed by atoms with van der Waals surface area (Å²) in [5.41, 5.74) is 3.44. The molecule has 2 aliphatic heterocycles. The summed E-state index contributed by atoms with van der Waals surface area (Å²) in [5.74, 6) is -0.460. The van der Waals surface area contributed by atoms with Gasteiger partial charge in [0.05, 0.1) is 26.1 Å². The van der Waals surface area contributed by atoms with Crippen molar-refractivity contribution in [3.05, 3.63) is 69.1 Å². The highest BCUT2D eigenvalue weighted by Gasteiger charge is 2.34. The fourth-order valence-corrected chi connectivity index (χ4v) is 6.44. The Balaban J connectivity index is 1.18. The molecule has 2 fully saturated rings. The van der Waals surface area contributed by atoms with Gasteiger partial charge in [-0.1, -0.05) is 46.7 Å². The number of halogens is 2. The fraction of sp³-hybridized carbons (Fsp3) is 0.286. The van der Waals surface area contributed by atoms with Gasteiger partial charge in [-0.05, 0) is 35.9 Å². The lowest BCUT2D eigenvalue weighted by atomic mass is 10.1. The minimum atomic E-state index is -0.649. The minimum Gasteiger partial charge on any atom is -0.492 e. The van der Waals surface area contributed by atoms with Crippen LogP contribution in [-0.2, 0) is 20.7 Å². The maximum absolute atomic E-state index is 12.8. The van der Waals surface area contributed by atoms with Gasteiger partial charge in [0.15, 0.2) is 11.2 Å². The molecule has 0 aliphatic carbocycles. The molecule has 0 saturated carbocycles. The topological polar surface area (TPSA) is 108 Å². The molecule has 40 heavy (non-hydrogen) atoms. The van der Waals surface area contributed by atoms with Crippen molar-refractivity contribution < 1.29 is 19.4 Å². The second kappa shape index (κ2) is 11.1. The number of rotatable bonds is 6. The number of benzene rings is 2. The summed E-state index contributed by atoms with van der Waals surface area (Å²) in [6.45, 7) is 2.42. The van der Waals surface area contributed by atoms with Crippen molar-refractivity contribution in [2.75, 3.05) is 36.4 Å². The van der Waals surface area contributed by atoms with Gasteiger partial charge < -0.3 is 25.0 Å². The summed E-state index contributed by atoms with van der Waals surface area (Å²) in [6.07, 6.45) is 2.38. The maximum atomic E-state index is 12.8. The number of amides is 1. The molecule has 1 amide bonds. The molecule has 0 unspecified atom stereocenters. The number of anilines is 3. The van der Waals surface area contributed by atoms with E-state index in [9.17, 15) is 14.7 Å². The lowest BCUT2D eigenvalue weighted by molar-refractivity contribution is -0.153. The van der Waals surface area contributed by atoms with Gasteiger partial charge in [0.25, 0.3) is 5.91 Å². The molecule has 2 saturated heterocycles. The molecule has 12 heteroatoms. The normalized spacial score (nSPS) is 17.4. The van der Waals surface area contributed by atoms with Gasteiger partial charge in [0, 0.05) is 62.7 Å². The highest BCUT2D eigenvalue weighted by Crippen LogP contribution is 2.37. The third-order valence-corrected chi connectivity index (χ3v) is 8.70. The van der Waals surface area contributed by atoms with E-state index in [1.165, 1.54) is 11.3 Å². The Bertz CT molecular complexity index is 1580. The van der Waals surface area contributed by atoms with Crippen LogP contribution in [0, 0.1) is 0 Å². The third kappa shape index (κ3) is 5.39. The smallest absolute Gasteiger partial charge is 0.306 e. The standard InChI is InChI=1S/C28H25Cl2N5O4S/c29-18-2-1-3-19(30)25(18)32-28-33-26(37)23(40-28)15-16-4-5-20-17(14-16)21(8-9-31-20)34-10-12-35(13-11-34)27(38)22-6-7-24(36)39-22/h1-5,8-9,14,22,37H,6-7,10-13,15H2,(H,32,33)/t22-/m1/s1. The molecule has 206 valence electrons. The Morgan fingerprint density at radius 3 is 2.62 bits per heavy atom. The number of fused-ring (bicyclic) bond motifs is 1. The Morgan fingerprint density at radius 2 is 1.90 bits per heavy atom. The number of pyridine rings is 1. The van der Waals surface area contributed by atoms with Gasteiger partial charge in [0.1, 0.15) is 0 Å². The lowest BCUT2D eigenvalue weighted by Gasteiger charge is -2.37. The van der Waals surface area contributed by atoms with Crippen molar-refractivity contribution in [2.45, 2.75) is 25.4 Å². The quantitative estimate of drug-likeness (QED) is 0.285. The van der Waals surface area contributed by atoms with Gasteiger partial charge in [-0.3, -0.25) is 14.6 Å². The second-order valence-corrected chi connectivity index (χ2v) is 11.6. The molecule has 1 atom stereocenters. The molecular weight excluding hydrogens is 573 g/mol. The van der Waals surface area contributed by atoms with E-state index in [0.29, 0.717) is 71.2 Å². The van der Waals surface area contributed by atoms with E-state index in [0.717, 1.165) is 22.2 Å². The number of cyclic esters (lactones) is 1. The molecule has 2 aromatic heterocycles. The van der Waals surface area contributed by atoms with Gasteiger partial charge >= 0.3 is 5.97 Å². The van der Waals surface area contributed by atoms with Crippen molar-refractivity contribution in [1.29, 1.82) is 0 Å². The molecule has 4 heterocycles. The number of carbonyl (C=O) groups is 2. The molecule has 0 radical (unpaired) electrons. The Hall–Kier alpha value is -3.60. The summed E-state index contributed by atoms with van der Waals surface area (Å²) in [4.78, 5) is 37.7. The van der Waals surface area contributed by atoms with Crippen LogP contribution in [0.4, 0.5) is 16.5 Å². The van der Waals surface area contributed by atoms with Crippen LogP contribution in [0.1, 0.15) is 23.3 Å². The first-order valence-corrected chi connectivity index (χ1v) is 14.4. The summed E-state index contributed by atoms with van der Waals surface area (Å²) >= 11 is 13.9. The van der Waals surface area contributed by atoms with Crippen molar-refractivity contribution in [3.8, 4) is 5.88 Å². The predicted octanol–water partition coefficient (Wildman–Crippen LogP) is 5.39. The number of piperazine rings is 1. The number of aromatic nitrogens is 2. The van der Waals surface area contributed by atoms with E-state index in [1.807, 2.05) is 18.2 Å². The molecule has 0 bridgehead atoms. The zero-order valence-electron chi connectivity index (χ0n) is 21.3. The Kier molecular flexibility index (Phi) is 7.39. The van der Waals surface area contributed by atoms with E-state index in [2.05, 4.69) is 26.3 Å². The zero-order valence-corrected chi connectivity index (χ0v) is 23.6. The highest BCUT2D eigenvalue weighted by molar-refractivity contribution is 7.16. The van der Waals surface area contributed by atoms with E-state index < -0.39 is 6.10 Å². The van der Waals surface area contributed by atoms with Gasteiger partial charge in [-0.15, -0.1) is 0 Å². The number of thiazole rings is 1. The summed E-state index contributed by atoms with van der Waals surface area (Å²) in [7, 11) is 0. The van der Waals surface area contributed by atoms with Gasteiger partial charge in [-0.2, -0.15) is 4.98 Å². The van der Waals surface area contributed by atoms with Crippen molar-refractivity contribution >= 4 is 73.8 Å². The number of aromatic hydroxyl groups is 1. The molecule has 4 aromatic rings. The largest absolute Gasteiger partial charge is 0.492 e. The molecule has 6 rings (SSSR count). The molecule has 9 nitrogen and oxygen atoms in total. The van der Waals surface area contributed by atoms with Crippen LogP contribution in [0.25, 0.3) is 10.9 Å². The van der Waals surface area contributed by atoms with E-state index >= 15 is 0 Å². The van der Waals surface area contributed by atoms with E-state index in [1.54, 1.807) is 29.3 Å². The number of hydrogen-bond acceptors (Lipinski definition) is 9. The first-order valence-electron chi connectivity index (χ1n) is 12.9. The van der Waals surface area contributed by atoms with Gasteiger partial charge in [0.2, 0.25) is 5.88 Å². The SMILES string of the molecule is O=C1CC[C@H](C(=O)N2CCN(c3ccnc4ccc(Cc5sc(Nc6c(Cl)cccc6Cl)nc5O)cc34)CC2)O1. The van der Waals surface area contributed by atoms with Crippen LogP contribution < -0.4 is 10.2 Å². The van der Waals surface area contributed by atoms with Crippen LogP contribution in [0.15, 0.2) is 48.7 Å². The first kappa shape index (κ1) is 26.6. The molecule has 2 aliphatic rings. The van der Waals surface area contributed by atoms with E-state index in [4.69, 9.17) is 27.9 Å². The molecular formula is C28H25Cl2N5O4S. The number of ether oxygens (including phenoxy) is 1. The molecule has 2 aromatic carbocycles. The molecule has 0 spiro atoms. The number of nitrogens with one attached hydrogen (secondary N) is 1. The summed E-state index contributed by atoms with van der Waals surface area (Å²) in [6, 6.07) is 13.3. The van der Waals surface area contributed by atoms with Gasteiger partial charge in [-0.25, -0.2) is 0 Å². The monoisotopic (exact) mass is 597 g/mol. The number of para-hydroxylation sites is 1. The maximum Gasteiger partial charge on any atom is 0.306 e. The number of esters is 1. The van der Waals surface area contributed by atoms with Crippen molar-refractivity contribution in [3.63, 3.8) is 0 Å². The van der Waals surface area contributed by atoms with Crippen molar-refractivity contribution in [1.82, 2.24) is 14.9 Å². The zero-order chi connectivity index (χ0) is 27.8. The van der Waals surface area contributed by atoms with Crippen LogP contribution in [0.5, 0.6) is 5.88 Å². The van der Waals surface area contributed by atoms with Crippen molar-refractivity contribution in [2.24, 2.45) is 0 Å². The average molecular weight is 599 g/mol. The highest BCUT2D eigenvalue weighted by atomic mass is 35.5. The average Bonchev–Trinajstić information content (AvgIpc) is 3.54. The predicted molar refractivity (Wildman–Crippen MR) is 156 cm³/mol. The Morgan fingerprint density at radius 1 is 1.12 bits per heavy atom. The lowest BCUT2D eigenvalue weighted by Crippen LogP contribution is -2.51. The number of carbonyl (C=O) groups excluding carboxylic acids is 2. The van der Waals surface area contributed by atoms with Crippen LogP contribution in [-0.4, -0.2) is 64.1 Å².